The predicted octanol–water partition coefficient (Wildman–Crippen LogP) is 2.55. The lowest BCUT2D eigenvalue weighted by Gasteiger charge is -2.15. The first-order valence-electron chi connectivity index (χ1n) is 5.49. The molecule has 0 aliphatic rings. The Morgan fingerprint density at radius 1 is 1.33 bits per heavy atom. The van der Waals surface area contributed by atoms with Crippen molar-refractivity contribution in [2.45, 2.75) is 32.5 Å². The number of rotatable bonds is 4. The molecule has 102 valence electrons. The molecule has 0 spiro atoms. The third kappa shape index (κ3) is 3.83. The minimum Gasteiger partial charge on any atom is -0.481 e. The van der Waals surface area contributed by atoms with Crippen LogP contribution in [0, 0.1) is 5.92 Å². The van der Waals surface area contributed by atoms with Gasteiger partial charge in [0.2, 0.25) is 5.88 Å². The van der Waals surface area contributed by atoms with E-state index in [1.54, 1.807) is 0 Å². The predicted molar refractivity (Wildman–Crippen MR) is 60.0 cm³/mol. The molecule has 7 heteroatoms. The minimum absolute atomic E-state index is 0.0459. The summed E-state index contributed by atoms with van der Waals surface area (Å²) in [6, 6.07) is 0.118. The molecule has 0 bridgehead atoms. The summed E-state index contributed by atoms with van der Waals surface area (Å²) in [5.74, 6) is 0.0612. The molecule has 1 heterocycles. The van der Waals surface area contributed by atoms with E-state index < -0.39 is 17.9 Å². The number of hydrogen-bond donors (Lipinski definition) is 1. The van der Waals surface area contributed by atoms with Crippen molar-refractivity contribution in [1.29, 1.82) is 0 Å². The Morgan fingerprint density at radius 3 is 2.39 bits per heavy atom. The summed E-state index contributed by atoms with van der Waals surface area (Å²) in [5.41, 5.74) is 4.75. The molecule has 0 saturated heterocycles. The quantitative estimate of drug-likeness (QED) is 0.906. The molecule has 0 aliphatic heterocycles. The second-order valence-corrected chi connectivity index (χ2v) is 4.39. The van der Waals surface area contributed by atoms with Gasteiger partial charge in [-0.2, -0.15) is 18.2 Å². The van der Waals surface area contributed by atoms with Gasteiger partial charge in [-0.05, 0) is 12.3 Å². The molecule has 1 rings (SSSR count). The Labute approximate surface area is 103 Å². The lowest BCUT2D eigenvalue weighted by atomic mass is 10.0. The maximum Gasteiger partial charge on any atom is 0.433 e. The lowest BCUT2D eigenvalue weighted by Crippen LogP contribution is -2.19. The Hall–Kier alpha value is -1.37. The van der Waals surface area contributed by atoms with Gasteiger partial charge in [0.1, 0.15) is 5.82 Å². The van der Waals surface area contributed by atoms with Crippen molar-refractivity contribution in [3.05, 3.63) is 17.6 Å². The maximum absolute atomic E-state index is 12.6. The highest BCUT2D eigenvalue weighted by Gasteiger charge is 2.34. The van der Waals surface area contributed by atoms with Crippen LogP contribution in [0.1, 0.15) is 37.8 Å². The molecule has 1 aromatic rings. The molecule has 1 aromatic heterocycles. The average molecular weight is 263 g/mol. The molecular formula is C11H16F3N3O. The van der Waals surface area contributed by atoms with E-state index in [4.69, 9.17) is 10.5 Å². The zero-order chi connectivity index (χ0) is 13.9. The molecule has 0 aromatic carbocycles. The van der Waals surface area contributed by atoms with Gasteiger partial charge in [-0.25, -0.2) is 4.98 Å². The highest BCUT2D eigenvalue weighted by atomic mass is 19.4. The number of alkyl halides is 3. The monoisotopic (exact) mass is 263 g/mol. The third-order valence-electron chi connectivity index (χ3n) is 2.28. The van der Waals surface area contributed by atoms with Gasteiger partial charge >= 0.3 is 6.18 Å². The lowest BCUT2D eigenvalue weighted by molar-refractivity contribution is -0.141. The van der Waals surface area contributed by atoms with E-state index in [1.165, 1.54) is 7.11 Å². The van der Waals surface area contributed by atoms with Gasteiger partial charge in [0, 0.05) is 6.07 Å². The van der Waals surface area contributed by atoms with Crippen LogP contribution in [0.25, 0.3) is 0 Å². The van der Waals surface area contributed by atoms with E-state index in [9.17, 15) is 13.2 Å². The summed E-state index contributed by atoms with van der Waals surface area (Å²) in [4.78, 5) is 7.32. The summed E-state index contributed by atoms with van der Waals surface area (Å²) >= 11 is 0. The summed E-state index contributed by atoms with van der Waals surface area (Å²) in [6.07, 6.45) is -4.03. The fourth-order valence-corrected chi connectivity index (χ4v) is 1.47. The first-order valence-corrected chi connectivity index (χ1v) is 5.49. The van der Waals surface area contributed by atoms with Crippen molar-refractivity contribution in [2.75, 3.05) is 7.11 Å². The molecule has 1 atom stereocenters. The van der Waals surface area contributed by atoms with Crippen molar-refractivity contribution in [2.24, 2.45) is 11.7 Å². The molecular weight excluding hydrogens is 247 g/mol. The first kappa shape index (κ1) is 14.7. The van der Waals surface area contributed by atoms with Gasteiger partial charge in [-0.3, -0.25) is 0 Å². The van der Waals surface area contributed by atoms with Crippen molar-refractivity contribution in [1.82, 2.24) is 9.97 Å². The third-order valence-corrected chi connectivity index (χ3v) is 2.28. The molecule has 0 aliphatic carbocycles. The summed E-state index contributed by atoms with van der Waals surface area (Å²) in [6.45, 7) is 3.84. The van der Waals surface area contributed by atoms with Crippen LogP contribution in [-0.2, 0) is 6.18 Å². The van der Waals surface area contributed by atoms with Crippen LogP contribution in [-0.4, -0.2) is 17.1 Å². The Morgan fingerprint density at radius 2 is 1.94 bits per heavy atom. The Kier molecular flexibility index (Phi) is 4.50. The fourth-order valence-electron chi connectivity index (χ4n) is 1.47. The van der Waals surface area contributed by atoms with Crippen LogP contribution in [0.3, 0.4) is 0 Å². The van der Waals surface area contributed by atoms with Gasteiger partial charge in [0.15, 0.2) is 5.69 Å². The fraction of sp³-hybridized carbons (Fsp3) is 0.636. The smallest absolute Gasteiger partial charge is 0.433 e. The number of halogens is 3. The van der Waals surface area contributed by atoms with Gasteiger partial charge < -0.3 is 10.5 Å². The topological polar surface area (TPSA) is 61.0 Å². The first-order chi connectivity index (χ1) is 8.24. The number of hydrogen-bond acceptors (Lipinski definition) is 4. The zero-order valence-electron chi connectivity index (χ0n) is 10.5. The van der Waals surface area contributed by atoms with Crippen molar-refractivity contribution >= 4 is 0 Å². The van der Waals surface area contributed by atoms with E-state index in [0.717, 1.165) is 6.07 Å². The number of aromatic nitrogens is 2. The largest absolute Gasteiger partial charge is 0.481 e. The summed E-state index contributed by atoms with van der Waals surface area (Å²) in [7, 11) is 1.25. The Bertz CT molecular complexity index is 407. The van der Waals surface area contributed by atoms with Crippen molar-refractivity contribution < 1.29 is 17.9 Å². The molecule has 0 saturated carbocycles. The second kappa shape index (κ2) is 5.51. The van der Waals surface area contributed by atoms with Gasteiger partial charge in [0.05, 0.1) is 13.2 Å². The van der Waals surface area contributed by atoms with E-state index in [-0.39, 0.29) is 17.6 Å². The second-order valence-electron chi connectivity index (χ2n) is 4.39. The van der Waals surface area contributed by atoms with Crippen LogP contribution < -0.4 is 10.5 Å². The van der Waals surface area contributed by atoms with Crippen molar-refractivity contribution in [3.63, 3.8) is 0 Å². The van der Waals surface area contributed by atoms with Gasteiger partial charge in [0.25, 0.3) is 0 Å². The van der Waals surface area contributed by atoms with Gasteiger partial charge in [-0.15, -0.1) is 0 Å². The zero-order valence-corrected chi connectivity index (χ0v) is 10.5. The van der Waals surface area contributed by atoms with Crippen LogP contribution in [0.4, 0.5) is 13.2 Å². The molecule has 18 heavy (non-hydrogen) atoms. The minimum atomic E-state index is -4.54. The standard InChI is InChI=1S/C11H16F3N3O/c1-6(2)4-7(15)10-16-8(11(12,13)14)5-9(17-10)18-3/h5-7H,4,15H2,1-3H3. The van der Waals surface area contributed by atoms with Crippen LogP contribution >= 0.6 is 0 Å². The highest BCUT2D eigenvalue weighted by Crippen LogP contribution is 2.30. The molecule has 0 amide bonds. The maximum atomic E-state index is 12.6. The molecule has 0 fully saturated rings. The van der Waals surface area contributed by atoms with Crippen LogP contribution in [0.2, 0.25) is 0 Å². The van der Waals surface area contributed by atoms with E-state index in [2.05, 4.69) is 9.97 Å². The molecule has 2 N–H and O–H groups in total. The van der Waals surface area contributed by atoms with Crippen molar-refractivity contribution in [3.8, 4) is 5.88 Å². The summed E-state index contributed by atoms with van der Waals surface area (Å²) in [5, 5.41) is 0. The summed E-state index contributed by atoms with van der Waals surface area (Å²) < 4.78 is 42.6. The van der Waals surface area contributed by atoms with E-state index in [0.29, 0.717) is 6.42 Å². The molecule has 1 unspecified atom stereocenters. The van der Waals surface area contributed by atoms with Crippen LogP contribution in [0.15, 0.2) is 6.07 Å². The van der Waals surface area contributed by atoms with E-state index in [1.807, 2.05) is 13.8 Å². The normalized spacial score (nSPS) is 13.8. The SMILES string of the molecule is COc1cc(C(F)(F)F)nc(C(N)CC(C)C)n1. The van der Waals surface area contributed by atoms with E-state index >= 15 is 0 Å². The highest BCUT2D eigenvalue weighted by molar-refractivity contribution is 5.19. The number of nitrogens with zero attached hydrogens (tertiary/aromatic N) is 2. The number of methoxy groups -OCH3 is 1. The van der Waals surface area contributed by atoms with Crippen LogP contribution in [0.5, 0.6) is 5.88 Å². The van der Waals surface area contributed by atoms with Gasteiger partial charge in [-0.1, -0.05) is 13.8 Å². The molecule has 0 radical (unpaired) electrons. The molecule has 4 nitrogen and oxygen atoms in total. The number of nitrogens with two attached hydrogens (primary N) is 1. The Balaban J connectivity index is 3.12. The average Bonchev–Trinajstić information content (AvgIpc) is 2.26. The number of ether oxygens (including phenoxy) is 1.